The first kappa shape index (κ1) is 16.0. The van der Waals surface area contributed by atoms with Gasteiger partial charge in [-0.25, -0.2) is 0 Å². The van der Waals surface area contributed by atoms with Gasteiger partial charge < -0.3 is 5.32 Å². The van der Waals surface area contributed by atoms with Gasteiger partial charge in [0.05, 0.1) is 21.9 Å². The van der Waals surface area contributed by atoms with Crippen molar-refractivity contribution >= 4 is 64.0 Å². The molecule has 0 amide bonds. The topological polar surface area (TPSA) is 36.4 Å². The second-order valence-electron chi connectivity index (χ2n) is 3.95. The SMILES string of the molecule is S=C(NN=Cc1ccccc1Cl)Nc1cccc(Cl)c1Cl. The lowest BCUT2D eigenvalue weighted by Gasteiger charge is -2.09. The van der Waals surface area contributed by atoms with Crippen LogP contribution < -0.4 is 10.7 Å². The van der Waals surface area contributed by atoms with Crippen molar-refractivity contribution in [2.45, 2.75) is 0 Å². The van der Waals surface area contributed by atoms with Crippen LogP contribution in [0.4, 0.5) is 5.69 Å². The molecule has 0 aliphatic heterocycles. The Morgan fingerprint density at radius 3 is 2.48 bits per heavy atom. The van der Waals surface area contributed by atoms with E-state index >= 15 is 0 Å². The summed E-state index contributed by atoms with van der Waals surface area (Å²) in [6.07, 6.45) is 1.58. The Kier molecular flexibility index (Phi) is 5.82. The molecule has 0 aliphatic rings. The van der Waals surface area contributed by atoms with Gasteiger partial charge in [0.25, 0.3) is 0 Å². The highest BCUT2D eigenvalue weighted by molar-refractivity contribution is 7.80. The first-order chi connectivity index (χ1) is 10.1. The highest BCUT2D eigenvalue weighted by Crippen LogP contribution is 2.29. The molecular weight excluding hydrogens is 349 g/mol. The zero-order valence-electron chi connectivity index (χ0n) is 10.6. The van der Waals surface area contributed by atoms with Crippen molar-refractivity contribution in [1.82, 2.24) is 5.43 Å². The zero-order chi connectivity index (χ0) is 15.2. The van der Waals surface area contributed by atoms with E-state index in [9.17, 15) is 0 Å². The molecule has 0 bridgehead atoms. The number of nitrogens with one attached hydrogen (secondary N) is 2. The van der Waals surface area contributed by atoms with Crippen LogP contribution in [-0.4, -0.2) is 11.3 Å². The molecule has 0 aromatic heterocycles. The molecule has 0 radical (unpaired) electrons. The first-order valence-corrected chi connectivity index (χ1v) is 7.41. The predicted molar refractivity (Wildman–Crippen MR) is 94.9 cm³/mol. The van der Waals surface area contributed by atoms with Gasteiger partial charge in [0.2, 0.25) is 0 Å². The maximum absolute atomic E-state index is 6.05. The summed E-state index contributed by atoms with van der Waals surface area (Å²) in [5, 5.41) is 8.67. The highest BCUT2D eigenvalue weighted by Gasteiger charge is 2.05. The zero-order valence-corrected chi connectivity index (χ0v) is 13.7. The summed E-state index contributed by atoms with van der Waals surface area (Å²) >= 11 is 23.1. The molecule has 21 heavy (non-hydrogen) atoms. The number of nitrogens with zero attached hydrogens (tertiary/aromatic N) is 1. The summed E-state index contributed by atoms with van der Waals surface area (Å²) in [5.41, 5.74) is 4.08. The molecule has 7 heteroatoms. The molecule has 0 spiro atoms. The van der Waals surface area contributed by atoms with Crippen LogP contribution in [0.1, 0.15) is 5.56 Å². The van der Waals surface area contributed by atoms with E-state index < -0.39 is 0 Å². The van der Waals surface area contributed by atoms with Crippen LogP contribution in [0.25, 0.3) is 0 Å². The minimum atomic E-state index is 0.294. The largest absolute Gasteiger partial charge is 0.330 e. The number of benzene rings is 2. The number of anilines is 1. The number of thiocarbonyl (C=S) groups is 1. The van der Waals surface area contributed by atoms with E-state index in [1.807, 2.05) is 18.2 Å². The van der Waals surface area contributed by atoms with Gasteiger partial charge in [-0.15, -0.1) is 0 Å². The quantitative estimate of drug-likeness (QED) is 0.462. The molecule has 0 atom stereocenters. The van der Waals surface area contributed by atoms with Crippen molar-refractivity contribution in [3.05, 3.63) is 63.1 Å². The van der Waals surface area contributed by atoms with Crippen molar-refractivity contribution in [2.75, 3.05) is 5.32 Å². The maximum Gasteiger partial charge on any atom is 0.191 e. The minimum Gasteiger partial charge on any atom is -0.330 e. The third-order valence-electron chi connectivity index (χ3n) is 2.47. The molecule has 108 valence electrons. The molecule has 2 N–H and O–H groups in total. The third-order valence-corrected chi connectivity index (χ3v) is 3.83. The monoisotopic (exact) mass is 357 g/mol. The van der Waals surface area contributed by atoms with Gasteiger partial charge in [-0.05, 0) is 30.4 Å². The molecule has 0 saturated carbocycles. The molecular formula is C14H10Cl3N3S. The van der Waals surface area contributed by atoms with Crippen LogP contribution in [0.15, 0.2) is 47.6 Å². The summed E-state index contributed by atoms with van der Waals surface area (Å²) in [5.74, 6) is 0. The number of hydrogen-bond acceptors (Lipinski definition) is 2. The molecule has 2 rings (SSSR count). The molecule has 0 unspecified atom stereocenters. The summed E-state index contributed by atoms with van der Waals surface area (Å²) in [7, 11) is 0. The maximum atomic E-state index is 6.05. The predicted octanol–water partition coefficient (Wildman–Crippen LogP) is 4.97. The lowest BCUT2D eigenvalue weighted by atomic mass is 10.2. The first-order valence-electron chi connectivity index (χ1n) is 5.86. The summed E-state index contributed by atoms with van der Waals surface area (Å²) in [6, 6.07) is 12.6. The van der Waals surface area contributed by atoms with Crippen LogP contribution in [0.2, 0.25) is 15.1 Å². The Labute approximate surface area is 142 Å². The van der Waals surface area contributed by atoms with Crippen molar-refractivity contribution in [1.29, 1.82) is 0 Å². The minimum absolute atomic E-state index is 0.294. The fourth-order valence-corrected chi connectivity index (χ4v) is 2.19. The smallest absolute Gasteiger partial charge is 0.191 e. The Morgan fingerprint density at radius 1 is 1.00 bits per heavy atom. The molecule has 2 aromatic rings. The van der Waals surface area contributed by atoms with Gasteiger partial charge in [-0.2, -0.15) is 5.10 Å². The molecule has 2 aromatic carbocycles. The summed E-state index contributed by atoms with van der Waals surface area (Å²) in [6.45, 7) is 0. The number of rotatable bonds is 3. The van der Waals surface area contributed by atoms with E-state index in [1.165, 1.54) is 0 Å². The van der Waals surface area contributed by atoms with E-state index in [4.69, 9.17) is 47.0 Å². The average molecular weight is 359 g/mol. The fourth-order valence-electron chi connectivity index (χ4n) is 1.49. The van der Waals surface area contributed by atoms with Crippen molar-refractivity contribution < 1.29 is 0 Å². The Bertz CT molecular complexity index is 689. The van der Waals surface area contributed by atoms with Gasteiger partial charge in [0.1, 0.15) is 0 Å². The van der Waals surface area contributed by atoms with Gasteiger partial charge >= 0.3 is 0 Å². The van der Waals surface area contributed by atoms with E-state index in [1.54, 1.807) is 30.5 Å². The summed E-state index contributed by atoms with van der Waals surface area (Å²) < 4.78 is 0. The van der Waals surface area contributed by atoms with Crippen molar-refractivity contribution in [3.63, 3.8) is 0 Å². The van der Waals surface area contributed by atoms with E-state index in [0.717, 1.165) is 5.56 Å². The van der Waals surface area contributed by atoms with Gasteiger partial charge in [0, 0.05) is 10.6 Å². The Morgan fingerprint density at radius 2 is 1.71 bits per heavy atom. The van der Waals surface area contributed by atoms with Gasteiger partial charge in [-0.3, -0.25) is 5.43 Å². The van der Waals surface area contributed by atoms with Crippen LogP contribution in [0.3, 0.4) is 0 Å². The molecule has 0 heterocycles. The Balaban J connectivity index is 1.97. The second kappa shape index (κ2) is 7.61. The van der Waals surface area contributed by atoms with Gasteiger partial charge in [-0.1, -0.05) is 59.1 Å². The van der Waals surface area contributed by atoms with Crippen molar-refractivity contribution in [3.8, 4) is 0 Å². The molecule has 0 aliphatic carbocycles. The van der Waals surface area contributed by atoms with Crippen molar-refractivity contribution in [2.24, 2.45) is 5.10 Å². The van der Waals surface area contributed by atoms with Crippen LogP contribution in [0, 0.1) is 0 Å². The van der Waals surface area contributed by atoms with Crippen LogP contribution >= 0.6 is 47.0 Å². The van der Waals surface area contributed by atoms with E-state index in [-0.39, 0.29) is 0 Å². The number of hydrazone groups is 1. The second-order valence-corrected chi connectivity index (χ2v) is 5.55. The lowest BCUT2D eigenvalue weighted by Crippen LogP contribution is -2.24. The average Bonchev–Trinajstić information content (AvgIpc) is 2.46. The standard InChI is InChI=1S/C14H10Cl3N3S/c15-10-5-2-1-4-9(10)8-18-20-14(21)19-12-7-3-6-11(16)13(12)17/h1-8H,(H2,19,20,21). The summed E-state index contributed by atoms with van der Waals surface area (Å²) in [4.78, 5) is 0. The Hall–Kier alpha value is -1.33. The molecule has 0 fully saturated rings. The molecule has 0 saturated heterocycles. The van der Waals surface area contributed by atoms with Gasteiger partial charge in [0.15, 0.2) is 5.11 Å². The number of hydrogen-bond donors (Lipinski definition) is 2. The normalized spacial score (nSPS) is 10.6. The van der Waals surface area contributed by atoms with E-state index in [2.05, 4.69) is 15.8 Å². The number of halogens is 3. The lowest BCUT2D eigenvalue weighted by molar-refractivity contribution is 1.05. The third kappa shape index (κ3) is 4.58. The highest BCUT2D eigenvalue weighted by atomic mass is 35.5. The molecule has 3 nitrogen and oxygen atoms in total. The van der Waals surface area contributed by atoms with Crippen LogP contribution in [0.5, 0.6) is 0 Å². The fraction of sp³-hybridized carbons (Fsp3) is 0. The van der Waals surface area contributed by atoms with E-state index in [0.29, 0.717) is 25.9 Å². The van der Waals surface area contributed by atoms with Crippen LogP contribution in [-0.2, 0) is 0 Å².